The first kappa shape index (κ1) is 14.8. The zero-order valence-corrected chi connectivity index (χ0v) is 10.9. The molecule has 0 aliphatic heterocycles. The second-order valence-electron chi connectivity index (χ2n) is 3.61. The van der Waals surface area contributed by atoms with Crippen molar-refractivity contribution in [1.29, 1.82) is 0 Å². The van der Waals surface area contributed by atoms with Gasteiger partial charge in [0, 0.05) is 6.61 Å². The van der Waals surface area contributed by atoms with E-state index in [1.54, 1.807) is 20.8 Å². The fraction of sp³-hybridized carbons (Fsp3) is 0.875. The van der Waals surface area contributed by atoms with Gasteiger partial charge in [0.2, 0.25) is 10.0 Å². The predicted molar refractivity (Wildman–Crippen MR) is 64.3 cm³/mol. The van der Waals surface area contributed by atoms with Gasteiger partial charge in [0.05, 0.1) is 22.9 Å². The SMILES string of the molecule is CCOCCS(=O)(=O)NC(C)(C)C(N)=S. The molecule has 3 N–H and O–H groups in total. The topological polar surface area (TPSA) is 81.4 Å². The summed E-state index contributed by atoms with van der Waals surface area (Å²) >= 11 is 4.75. The quantitative estimate of drug-likeness (QED) is 0.494. The van der Waals surface area contributed by atoms with Crippen LogP contribution in [0.3, 0.4) is 0 Å². The van der Waals surface area contributed by atoms with Crippen LogP contribution in [0.4, 0.5) is 0 Å². The van der Waals surface area contributed by atoms with Crippen LogP contribution >= 0.6 is 12.2 Å². The zero-order chi connectivity index (χ0) is 12.1. The third kappa shape index (κ3) is 6.03. The molecule has 0 heterocycles. The zero-order valence-electron chi connectivity index (χ0n) is 9.24. The molecular weight excluding hydrogens is 236 g/mol. The Balaban J connectivity index is 4.32. The summed E-state index contributed by atoms with van der Waals surface area (Å²) in [5.74, 6) is -0.0904. The van der Waals surface area contributed by atoms with E-state index in [2.05, 4.69) is 4.72 Å². The van der Waals surface area contributed by atoms with Gasteiger partial charge in [0.15, 0.2) is 0 Å². The number of nitrogens with two attached hydrogens (primary N) is 1. The maximum Gasteiger partial charge on any atom is 0.214 e. The van der Waals surface area contributed by atoms with E-state index < -0.39 is 15.6 Å². The highest BCUT2D eigenvalue weighted by atomic mass is 32.2. The van der Waals surface area contributed by atoms with Crippen molar-refractivity contribution < 1.29 is 13.2 Å². The van der Waals surface area contributed by atoms with Gasteiger partial charge in [0.25, 0.3) is 0 Å². The Hall–Kier alpha value is -0.240. The molecule has 0 aromatic carbocycles. The third-order valence-corrected chi connectivity index (χ3v) is 3.76. The molecule has 0 spiro atoms. The number of nitrogens with one attached hydrogen (secondary N) is 1. The van der Waals surface area contributed by atoms with Crippen molar-refractivity contribution in [2.75, 3.05) is 19.0 Å². The van der Waals surface area contributed by atoms with Crippen LogP contribution in [0.15, 0.2) is 0 Å². The fourth-order valence-electron chi connectivity index (χ4n) is 0.803. The molecule has 0 unspecified atom stereocenters. The first-order valence-corrected chi connectivity index (χ1v) is 6.66. The van der Waals surface area contributed by atoms with Crippen LogP contribution in [0.25, 0.3) is 0 Å². The van der Waals surface area contributed by atoms with Gasteiger partial charge >= 0.3 is 0 Å². The van der Waals surface area contributed by atoms with E-state index in [1.165, 1.54) is 0 Å². The van der Waals surface area contributed by atoms with E-state index in [1.807, 2.05) is 0 Å². The monoisotopic (exact) mass is 254 g/mol. The van der Waals surface area contributed by atoms with Crippen LogP contribution in [-0.4, -0.2) is 37.9 Å². The molecule has 0 rings (SSSR count). The van der Waals surface area contributed by atoms with Crippen LogP contribution in [0.1, 0.15) is 20.8 Å². The summed E-state index contributed by atoms with van der Waals surface area (Å²) in [4.78, 5) is 0.113. The Morgan fingerprint density at radius 3 is 2.47 bits per heavy atom. The smallest absolute Gasteiger partial charge is 0.214 e. The molecule has 0 saturated heterocycles. The average molecular weight is 254 g/mol. The van der Waals surface area contributed by atoms with Crippen LogP contribution in [-0.2, 0) is 14.8 Å². The summed E-state index contributed by atoms with van der Waals surface area (Å²) in [6.07, 6.45) is 0. The Bertz CT molecular complexity index is 312. The first-order valence-electron chi connectivity index (χ1n) is 4.60. The number of rotatable bonds is 7. The average Bonchev–Trinajstić information content (AvgIpc) is 2.01. The Kier molecular flexibility index (Phi) is 5.65. The van der Waals surface area contributed by atoms with Gasteiger partial charge in [0.1, 0.15) is 0 Å². The van der Waals surface area contributed by atoms with Crippen LogP contribution < -0.4 is 10.5 Å². The Labute approximate surface area is 96.4 Å². The minimum Gasteiger partial charge on any atom is -0.392 e. The van der Waals surface area contributed by atoms with E-state index in [0.29, 0.717) is 6.61 Å². The predicted octanol–water partition coefficient (Wildman–Crippen LogP) is 0.00700. The van der Waals surface area contributed by atoms with E-state index in [-0.39, 0.29) is 17.3 Å². The van der Waals surface area contributed by atoms with Crippen molar-refractivity contribution in [3.8, 4) is 0 Å². The minimum atomic E-state index is -3.40. The second kappa shape index (κ2) is 5.74. The number of hydrogen-bond acceptors (Lipinski definition) is 4. The van der Waals surface area contributed by atoms with Gasteiger partial charge in [-0.3, -0.25) is 0 Å². The van der Waals surface area contributed by atoms with Crippen molar-refractivity contribution in [3.05, 3.63) is 0 Å². The first-order chi connectivity index (χ1) is 6.71. The summed E-state index contributed by atoms with van der Waals surface area (Å²) in [7, 11) is -3.40. The van der Waals surface area contributed by atoms with Gasteiger partial charge in [-0.1, -0.05) is 12.2 Å². The van der Waals surface area contributed by atoms with Crippen molar-refractivity contribution in [1.82, 2.24) is 4.72 Å². The second-order valence-corrected chi connectivity index (χ2v) is 5.89. The van der Waals surface area contributed by atoms with E-state index in [0.717, 1.165) is 0 Å². The molecule has 5 nitrogen and oxygen atoms in total. The normalized spacial score (nSPS) is 12.7. The van der Waals surface area contributed by atoms with Crippen molar-refractivity contribution in [3.63, 3.8) is 0 Å². The van der Waals surface area contributed by atoms with Gasteiger partial charge < -0.3 is 10.5 Å². The summed E-state index contributed by atoms with van der Waals surface area (Å²) in [6.45, 7) is 5.70. The molecule has 0 fully saturated rings. The molecule has 0 aromatic heterocycles. The van der Waals surface area contributed by atoms with Crippen LogP contribution in [0, 0.1) is 0 Å². The lowest BCUT2D eigenvalue weighted by Crippen LogP contribution is -2.52. The highest BCUT2D eigenvalue weighted by Crippen LogP contribution is 2.04. The summed E-state index contributed by atoms with van der Waals surface area (Å²) in [6, 6.07) is 0. The van der Waals surface area contributed by atoms with Gasteiger partial charge in [-0.2, -0.15) is 0 Å². The Morgan fingerprint density at radius 1 is 1.53 bits per heavy atom. The van der Waals surface area contributed by atoms with Gasteiger partial charge in [-0.05, 0) is 20.8 Å². The molecule has 7 heteroatoms. The number of hydrogen-bond donors (Lipinski definition) is 2. The van der Waals surface area contributed by atoms with E-state index >= 15 is 0 Å². The molecule has 15 heavy (non-hydrogen) atoms. The Morgan fingerprint density at radius 2 is 2.07 bits per heavy atom. The molecule has 90 valence electrons. The maximum atomic E-state index is 11.5. The van der Waals surface area contributed by atoms with E-state index in [9.17, 15) is 8.42 Å². The fourth-order valence-corrected chi connectivity index (χ4v) is 2.25. The standard InChI is InChI=1S/C8H18N2O3S2/c1-4-13-5-6-15(11,12)10-8(2,3)7(9)14/h10H,4-6H2,1-3H3,(H2,9,14). The summed E-state index contributed by atoms with van der Waals surface area (Å²) in [5, 5.41) is 0. The highest BCUT2D eigenvalue weighted by molar-refractivity contribution is 7.89. The molecule has 0 saturated carbocycles. The molecule has 0 aromatic rings. The molecule has 0 atom stereocenters. The number of sulfonamides is 1. The van der Waals surface area contributed by atoms with Crippen LogP contribution in [0.5, 0.6) is 0 Å². The molecule has 0 aliphatic carbocycles. The third-order valence-electron chi connectivity index (χ3n) is 1.73. The van der Waals surface area contributed by atoms with Crippen molar-refractivity contribution >= 4 is 27.2 Å². The lowest BCUT2D eigenvalue weighted by molar-refractivity contribution is 0.163. The molecular formula is C8H18N2O3S2. The lowest BCUT2D eigenvalue weighted by Gasteiger charge is -2.24. The maximum absolute atomic E-state index is 11.5. The molecule has 0 radical (unpaired) electrons. The number of ether oxygens (including phenoxy) is 1. The van der Waals surface area contributed by atoms with Crippen molar-refractivity contribution in [2.24, 2.45) is 5.73 Å². The summed E-state index contributed by atoms with van der Waals surface area (Å²) in [5.41, 5.74) is 4.50. The molecule has 0 aliphatic rings. The molecule has 0 bridgehead atoms. The van der Waals surface area contributed by atoms with Gasteiger partial charge in [-0.25, -0.2) is 13.1 Å². The molecule has 0 amide bonds. The van der Waals surface area contributed by atoms with Gasteiger partial charge in [-0.15, -0.1) is 0 Å². The summed E-state index contributed by atoms with van der Waals surface area (Å²) < 4.78 is 30.4. The van der Waals surface area contributed by atoms with Crippen molar-refractivity contribution in [2.45, 2.75) is 26.3 Å². The largest absolute Gasteiger partial charge is 0.392 e. The number of thiocarbonyl (C=S) groups is 1. The van der Waals surface area contributed by atoms with Crippen LogP contribution in [0.2, 0.25) is 0 Å². The lowest BCUT2D eigenvalue weighted by atomic mass is 10.1. The minimum absolute atomic E-state index is 0.0904. The highest BCUT2D eigenvalue weighted by Gasteiger charge is 2.27. The van der Waals surface area contributed by atoms with E-state index in [4.69, 9.17) is 22.7 Å².